The van der Waals surface area contributed by atoms with Crippen LogP contribution in [0, 0.1) is 11.3 Å². The Hall–Kier alpha value is -1.78. The molecule has 0 radical (unpaired) electrons. The Labute approximate surface area is 108 Å². The molecule has 2 N–H and O–H groups in total. The number of nitriles is 1. The van der Waals surface area contributed by atoms with Crippen molar-refractivity contribution >= 4 is 0 Å². The maximum atomic E-state index is 11.8. The quantitative estimate of drug-likeness (QED) is 0.824. The van der Waals surface area contributed by atoms with E-state index in [2.05, 4.69) is 5.32 Å². The molecule has 0 spiro atoms. The van der Waals surface area contributed by atoms with E-state index in [1.165, 1.54) is 0 Å². The number of halogens is 3. The van der Waals surface area contributed by atoms with Crippen molar-refractivity contribution in [1.29, 1.82) is 5.26 Å². The fourth-order valence-electron chi connectivity index (χ4n) is 1.26. The van der Waals surface area contributed by atoms with Crippen LogP contribution in [0.4, 0.5) is 13.2 Å². The summed E-state index contributed by atoms with van der Waals surface area (Å²) in [6.07, 6.45) is -5.34. The molecule has 7 heteroatoms. The second kappa shape index (κ2) is 6.97. The van der Waals surface area contributed by atoms with E-state index in [0.717, 1.165) is 0 Å². The number of rotatable bonds is 6. The van der Waals surface area contributed by atoms with Crippen molar-refractivity contribution in [2.45, 2.75) is 12.3 Å². The highest BCUT2D eigenvalue weighted by Crippen LogP contribution is 2.13. The van der Waals surface area contributed by atoms with Crippen LogP contribution in [-0.4, -0.2) is 37.1 Å². The van der Waals surface area contributed by atoms with E-state index in [4.69, 9.17) is 10.00 Å². The predicted octanol–water partition coefficient (Wildman–Crippen LogP) is 1.45. The number of aliphatic hydroxyl groups is 1. The van der Waals surface area contributed by atoms with E-state index < -0.39 is 18.8 Å². The van der Waals surface area contributed by atoms with E-state index in [9.17, 15) is 18.3 Å². The molecule has 1 aromatic carbocycles. The van der Waals surface area contributed by atoms with E-state index in [1.807, 2.05) is 6.07 Å². The highest BCUT2D eigenvalue weighted by Gasteiger charge is 2.26. The number of aliphatic hydroxyl groups excluding tert-OH is 1. The van der Waals surface area contributed by atoms with Gasteiger partial charge in [-0.2, -0.15) is 18.4 Å². The van der Waals surface area contributed by atoms with Gasteiger partial charge in [-0.15, -0.1) is 0 Å². The molecule has 0 aliphatic heterocycles. The molecule has 0 amide bonds. The summed E-state index contributed by atoms with van der Waals surface area (Å²) >= 11 is 0. The summed E-state index contributed by atoms with van der Waals surface area (Å²) in [5, 5.41) is 20.1. The molecule has 104 valence electrons. The van der Waals surface area contributed by atoms with Gasteiger partial charge in [0.25, 0.3) is 0 Å². The Morgan fingerprint density at radius 3 is 2.47 bits per heavy atom. The summed E-state index contributed by atoms with van der Waals surface area (Å²) in [4.78, 5) is 0. The van der Waals surface area contributed by atoms with Gasteiger partial charge in [-0.1, -0.05) is 0 Å². The first kappa shape index (κ1) is 15.3. The molecule has 19 heavy (non-hydrogen) atoms. The number of nitrogens with zero attached hydrogens (tertiary/aromatic N) is 1. The number of hydrogen-bond acceptors (Lipinski definition) is 4. The third-order valence-electron chi connectivity index (χ3n) is 2.13. The number of ether oxygens (including phenoxy) is 1. The molecule has 4 nitrogen and oxygen atoms in total. The van der Waals surface area contributed by atoms with Crippen LogP contribution in [0.2, 0.25) is 0 Å². The van der Waals surface area contributed by atoms with Gasteiger partial charge in [-0.25, -0.2) is 0 Å². The van der Waals surface area contributed by atoms with Gasteiger partial charge in [-0.3, -0.25) is 0 Å². The molecule has 1 atom stereocenters. The van der Waals surface area contributed by atoms with Crippen molar-refractivity contribution in [3.63, 3.8) is 0 Å². The minimum absolute atomic E-state index is 0.128. The topological polar surface area (TPSA) is 65.3 Å². The Balaban J connectivity index is 2.26. The first-order valence-corrected chi connectivity index (χ1v) is 5.49. The van der Waals surface area contributed by atoms with Crippen molar-refractivity contribution in [2.24, 2.45) is 0 Å². The molecular formula is C12H13F3N2O2. The van der Waals surface area contributed by atoms with Gasteiger partial charge in [0.05, 0.1) is 18.2 Å². The lowest BCUT2D eigenvalue weighted by atomic mass is 10.2. The average Bonchev–Trinajstić information content (AvgIpc) is 2.35. The number of nitrogens with one attached hydrogen (secondary N) is 1. The zero-order valence-electron chi connectivity index (χ0n) is 9.94. The minimum atomic E-state index is -4.30. The monoisotopic (exact) mass is 274 g/mol. The van der Waals surface area contributed by atoms with Crippen molar-refractivity contribution in [3.8, 4) is 11.8 Å². The number of alkyl halides is 3. The predicted molar refractivity (Wildman–Crippen MR) is 61.6 cm³/mol. The van der Waals surface area contributed by atoms with Gasteiger partial charge in [0.2, 0.25) is 0 Å². The van der Waals surface area contributed by atoms with Gasteiger partial charge in [0.15, 0.2) is 0 Å². The van der Waals surface area contributed by atoms with Crippen molar-refractivity contribution in [1.82, 2.24) is 5.32 Å². The molecule has 0 aliphatic carbocycles. The summed E-state index contributed by atoms with van der Waals surface area (Å²) in [7, 11) is 0. The number of benzene rings is 1. The second-order valence-electron chi connectivity index (χ2n) is 3.85. The summed E-state index contributed by atoms with van der Waals surface area (Å²) in [6.45, 7) is -1.49. The highest BCUT2D eigenvalue weighted by atomic mass is 19.4. The zero-order chi connectivity index (χ0) is 14.3. The molecule has 0 heterocycles. The molecule has 1 rings (SSSR count). The van der Waals surface area contributed by atoms with Crippen molar-refractivity contribution in [3.05, 3.63) is 29.8 Å². The van der Waals surface area contributed by atoms with Crippen LogP contribution >= 0.6 is 0 Å². The fraction of sp³-hybridized carbons (Fsp3) is 0.417. The molecule has 0 saturated carbocycles. The average molecular weight is 274 g/mol. The van der Waals surface area contributed by atoms with Crippen LogP contribution in [0.15, 0.2) is 24.3 Å². The molecule has 0 bridgehead atoms. The summed E-state index contributed by atoms with van der Waals surface area (Å²) < 4.78 is 40.6. The summed E-state index contributed by atoms with van der Waals surface area (Å²) in [5.41, 5.74) is 0.472. The normalized spacial score (nSPS) is 12.8. The third-order valence-corrected chi connectivity index (χ3v) is 2.13. The molecule has 0 unspecified atom stereocenters. The SMILES string of the molecule is N#Cc1ccc(OC[C@H](O)CNCC(F)(F)F)cc1. The molecule has 0 aromatic heterocycles. The van der Waals surface area contributed by atoms with Crippen molar-refractivity contribution in [2.75, 3.05) is 19.7 Å². The maximum absolute atomic E-state index is 11.8. The number of hydrogen-bond donors (Lipinski definition) is 2. The van der Waals surface area contributed by atoms with E-state index in [-0.39, 0.29) is 13.2 Å². The van der Waals surface area contributed by atoms with Crippen LogP contribution in [0.25, 0.3) is 0 Å². The summed E-state index contributed by atoms with van der Waals surface area (Å²) in [5.74, 6) is 0.439. The van der Waals surface area contributed by atoms with E-state index >= 15 is 0 Å². The Kier molecular flexibility index (Phi) is 5.60. The first-order valence-electron chi connectivity index (χ1n) is 5.49. The molecule has 0 aliphatic rings. The van der Waals surface area contributed by atoms with Crippen LogP contribution in [0.1, 0.15) is 5.56 Å². The van der Waals surface area contributed by atoms with Gasteiger partial charge in [0, 0.05) is 6.54 Å². The van der Waals surface area contributed by atoms with Crippen LogP contribution < -0.4 is 10.1 Å². The molecule has 0 fully saturated rings. The highest BCUT2D eigenvalue weighted by molar-refractivity contribution is 5.34. The maximum Gasteiger partial charge on any atom is 0.401 e. The molecule has 1 aromatic rings. The lowest BCUT2D eigenvalue weighted by molar-refractivity contribution is -0.125. The minimum Gasteiger partial charge on any atom is -0.491 e. The van der Waals surface area contributed by atoms with Gasteiger partial charge >= 0.3 is 6.18 Å². The van der Waals surface area contributed by atoms with Gasteiger partial charge in [0.1, 0.15) is 18.5 Å². The molecular weight excluding hydrogens is 261 g/mol. The standard InChI is InChI=1S/C12H13F3N2O2/c13-12(14,15)8-17-6-10(18)7-19-11-3-1-9(5-16)2-4-11/h1-4,10,17-18H,6-8H2/t10-/m1/s1. The lowest BCUT2D eigenvalue weighted by Crippen LogP contribution is -2.37. The second-order valence-corrected chi connectivity index (χ2v) is 3.85. The molecule has 0 saturated heterocycles. The third kappa shape index (κ3) is 6.64. The lowest BCUT2D eigenvalue weighted by Gasteiger charge is -2.14. The largest absolute Gasteiger partial charge is 0.491 e. The van der Waals surface area contributed by atoms with Crippen LogP contribution in [0.3, 0.4) is 0 Å². The van der Waals surface area contributed by atoms with Crippen LogP contribution in [-0.2, 0) is 0 Å². The smallest absolute Gasteiger partial charge is 0.401 e. The zero-order valence-corrected chi connectivity index (χ0v) is 9.94. The fourth-order valence-corrected chi connectivity index (χ4v) is 1.26. The van der Waals surface area contributed by atoms with Crippen molar-refractivity contribution < 1.29 is 23.0 Å². The first-order chi connectivity index (χ1) is 8.90. The Bertz CT molecular complexity index is 426. The van der Waals surface area contributed by atoms with Gasteiger partial charge < -0.3 is 15.2 Å². The Morgan fingerprint density at radius 1 is 1.32 bits per heavy atom. The Morgan fingerprint density at radius 2 is 1.95 bits per heavy atom. The summed E-state index contributed by atoms with van der Waals surface area (Å²) in [6, 6.07) is 8.13. The van der Waals surface area contributed by atoms with E-state index in [1.54, 1.807) is 24.3 Å². The van der Waals surface area contributed by atoms with Crippen LogP contribution in [0.5, 0.6) is 5.75 Å². The van der Waals surface area contributed by atoms with Gasteiger partial charge in [-0.05, 0) is 24.3 Å². The van der Waals surface area contributed by atoms with E-state index in [0.29, 0.717) is 11.3 Å².